The van der Waals surface area contributed by atoms with E-state index >= 15 is 0 Å². The molecule has 7 nitrogen and oxygen atoms in total. The maximum Gasteiger partial charge on any atom is 0.240 e. The van der Waals surface area contributed by atoms with Crippen molar-refractivity contribution in [3.8, 4) is 0 Å². The van der Waals surface area contributed by atoms with Crippen LogP contribution in [0.2, 0.25) is 0 Å². The van der Waals surface area contributed by atoms with E-state index in [9.17, 15) is 14.0 Å². The van der Waals surface area contributed by atoms with Crippen LogP contribution in [0.4, 0.5) is 9.52 Å². The first kappa shape index (κ1) is 22.1. The summed E-state index contributed by atoms with van der Waals surface area (Å²) in [4.78, 5) is 33.3. The minimum absolute atomic E-state index is 0.109. The number of amides is 2. The van der Waals surface area contributed by atoms with Gasteiger partial charge in [-0.25, -0.2) is 9.37 Å². The van der Waals surface area contributed by atoms with Crippen LogP contribution in [0.3, 0.4) is 0 Å². The third-order valence-corrected chi connectivity index (χ3v) is 7.03. The molecule has 2 unspecified atom stereocenters. The van der Waals surface area contributed by atoms with Gasteiger partial charge in [-0.2, -0.15) is 0 Å². The van der Waals surface area contributed by atoms with Gasteiger partial charge in [0.25, 0.3) is 0 Å². The predicted octanol–water partition coefficient (Wildman–Crippen LogP) is 2.69. The molecule has 2 heterocycles. The Hall–Kier alpha value is -2.10. The van der Waals surface area contributed by atoms with Gasteiger partial charge in [0.05, 0.1) is 23.3 Å². The molecule has 2 fully saturated rings. The first-order valence-electron chi connectivity index (χ1n) is 11.0. The third-order valence-electron chi connectivity index (χ3n) is 6.10. The fraction of sp³-hybridized carbons (Fsp3) is 0.591. The summed E-state index contributed by atoms with van der Waals surface area (Å²) in [6, 6.07) is 4.72. The highest BCUT2D eigenvalue weighted by molar-refractivity contribution is 7.22. The van der Waals surface area contributed by atoms with Crippen molar-refractivity contribution in [2.75, 3.05) is 44.6 Å². The highest BCUT2D eigenvalue weighted by Crippen LogP contribution is 2.26. The van der Waals surface area contributed by atoms with Crippen molar-refractivity contribution in [1.82, 2.24) is 20.1 Å². The highest BCUT2D eigenvalue weighted by Gasteiger charge is 2.24. The SMILES string of the molecule is CC1CCCC(NC(=O)CN2CCN(CC(=O)Nc3nc4ccc(F)cc4s3)CC2)C1. The van der Waals surface area contributed by atoms with Crippen LogP contribution in [-0.2, 0) is 9.59 Å². The number of benzene rings is 1. The fourth-order valence-corrected chi connectivity index (χ4v) is 5.37. The van der Waals surface area contributed by atoms with Crippen LogP contribution in [0, 0.1) is 11.7 Å². The van der Waals surface area contributed by atoms with E-state index in [4.69, 9.17) is 0 Å². The number of carbonyl (C=O) groups excluding carboxylic acids is 2. The van der Waals surface area contributed by atoms with Crippen LogP contribution < -0.4 is 10.6 Å². The minimum atomic E-state index is -0.311. The van der Waals surface area contributed by atoms with E-state index in [1.807, 2.05) is 0 Å². The molecule has 2 aromatic rings. The molecule has 0 spiro atoms. The summed E-state index contributed by atoms with van der Waals surface area (Å²) in [6.07, 6.45) is 4.63. The van der Waals surface area contributed by atoms with E-state index < -0.39 is 0 Å². The number of nitrogens with zero attached hydrogens (tertiary/aromatic N) is 3. The lowest BCUT2D eigenvalue weighted by Gasteiger charge is -2.34. The third kappa shape index (κ3) is 6.21. The van der Waals surface area contributed by atoms with Crippen LogP contribution in [0.25, 0.3) is 10.2 Å². The van der Waals surface area contributed by atoms with Gasteiger partial charge in [-0.15, -0.1) is 0 Å². The molecule has 168 valence electrons. The molecular formula is C22H30FN5O2S. The Bertz CT molecular complexity index is 928. The molecule has 1 aromatic heterocycles. The van der Waals surface area contributed by atoms with Crippen LogP contribution in [0.1, 0.15) is 32.6 Å². The number of thiazole rings is 1. The summed E-state index contributed by atoms with van der Waals surface area (Å²) in [6.45, 7) is 5.98. The topological polar surface area (TPSA) is 77.6 Å². The maximum atomic E-state index is 13.3. The van der Waals surface area contributed by atoms with Gasteiger partial charge in [0.15, 0.2) is 5.13 Å². The molecule has 31 heavy (non-hydrogen) atoms. The van der Waals surface area contributed by atoms with Gasteiger partial charge in [0.1, 0.15) is 5.82 Å². The molecular weight excluding hydrogens is 417 g/mol. The number of rotatable bonds is 6. The van der Waals surface area contributed by atoms with Crippen LogP contribution in [0.5, 0.6) is 0 Å². The highest BCUT2D eigenvalue weighted by atomic mass is 32.1. The van der Waals surface area contributed by atoms with Crippen LogP contribution >= 0.6 is 11.3 Å². The lowest BCUT2D eigenvalue weighted by molar-refractivity contribution is -0.124. The van der Waals surface area contributed by atoms with Gasteiger partial charge < -0.3 is 10.6 Å². The second kappa shape index (κ2) is 10.0. The Kier molecular flexibility index (Phi) is 7.14. The second-order valence-corrected chi connectivity index (χ2v) is 9.80. The molecule has 4 rings (SSSR count). The summed E-state index contributed by atoms with van der Waals surface area (Å²) < 4.78 is 14.0. The van der Waals surface area contributed by atoms with Crippen LogP contribution in [-0.4, -0.2) is 71.9 Å². The zero-order chi connectivity index (χ0) is 21.8. The predicted molar refractivity (Wildman–Crippen MR) is 121 cm³/mol. The van der Waals surface area contributed by atoms with E-state index in [1.54, 1.807) is 6.07 Å². The number of nitrogens with one attached hydrogen (secondary N) is 2. The molecule has 9 heteroatoms. The van der Waals surface area contributed by atoms with Gasteiger partial charge in [0.2, 0.25) is 11.8 Å². The molecule has 1 aromatic carbocycles. The van der Waals surface area contributed by atoms with Gasteiger partial charge in [0, 0.05) is 32.2 Å². The van der Waals surface area contributed by atoms with Crippen molar-refractivity contribution in [2.24, 2.45) is 5.92 Å². The number of fused-ring (bicyclic) bond motifs is 1. The number of hydrogen-bond acceptors (Lipinski definition) is 6. The lowest BCUT2D eigenvalue weighted by atomic mass is 9.87. The van der Waals surface area contributed by atoms with Crippen molar-refractivity contribution >= 4 is 38.5 Å². The van der Waals surface area contributed by atoms with Gasteiger partial charge in [-0.3, -0.25) is 19.4 Å². The number of aromatic nitrogens is 1. The number of hydrogen-bond donors (Lipinski definition) is 2. The Labute approximate surface area is 186 Å². The summed E-state index contributed by atoms with van der Waals surface area (Å²) >= 11 is 1.27. The van der Waals surface area contributed by atoms with E-state index in [1.165, 1.54) is 36.3 Å². The van der Waals surface area contributed by atoms with Gasteiger partial charge >= 0.3 is 0 Å². The first-order chi connectivity index (χ1) is 14.9. The second-order valence-electron chi connectivity index (χ2n) is 8.77. The lowest BCUT2D eigenvalue weighted by Crippen LogP contribution is -2.52. The number of piperazine rings is 1. The molecule has 1 saturated carbocycles. The number of halogens is 1. The molecule has 0 radical (unpaired) electrons. The van der Waals surface area contributed by atoms with Crippen molar-refractivity contribution < 1.29 is 14.0 Å². The summed E-state index contributed by atoms with van der Waals surface area (Å²) in [5.41, 5.74) is 0.677. The first-order valence-corrected chi connectivity index (χ1v) is 11.9. The largest absolute Gasteiger partial charge is 0.352 e. The molecule has 1 saturated heterocycles. The number of carbonyl (C=O) groups is 2. The average molecular weight is 448 g/mol. The molecule has 0 bridgehead atoms. The molecule has 2 amide bonds. The molecule has 2 N–H and O–H groups in total. The zero-order valence-electron chi connectivity index (χ0n) is 17.9. The Morgan fingerprint density at radius 2 is 1.84 bits per heavy atom. The van der Waals surface area contributed by atoms with E-state index in [2.05, 4.69) is 32.3 Å². The van der Waals surface area contributed by atoms with E-state index in [0.29, 0.717) is 33.9 Å². The van der Waals surface area contributed by atoms with Crippen LogP contribution in [0.15, 0.2) is 18.2 Å². The van der Waals surface area contributed by atoms with Crippen molar-refractivity contribution in [3.63, 3.8) is 0 Å². The normalized spacial score (nSPS) is 23.0. The average Bonchev–Trinajstić information content (AvgIpc) is 3.10. The monoisotopic (exact) mass is 447 g/mol. The fourth-order valence-electron chi connectivity index (χ4n) is 4.46. The Morgan fingerprint density at radius 1 is 1.13 bits per heavy atom. The van der Waals surface area contributed by atoms with Gasteiger partial charge in [-0.05, 0) is 37.0 Å². The Morgan fingerprint density at radius 3 is 2.55 bits per heavy atom. The Balaban J connectivity index is 1.18. The molecule has 1 aliphatic carbocycles. The van der Waals surface area contributed by atoms with E-state index in [-0.39, 0.29) is 24.2 Å². The summed E-state index contributed by atoms with van der Waals surface area (Å²) in [5.74, 6) is 0.362. The number of anilines is 1. The van der Waals surface area contributed by atoms with Crippen molar-refractivity contribution in [2.45, 2.75) is 38.6 Å². The summed E-state index contributed by atoms with van der Waals surface area (Å²) in [7, 11) is 0. The smallest absolute Gasteiger partial charge is 0.240 e. The molecule has 1 aliphatic heterocycles. The van der Waals surface area contributed by atoms with Gasteiger partial charge in [-0.1, -0.05) is 31.1 Å². The summed E-state index contributed by atoms with van der Waals surface area (Å²) in [5, 5.41) is 6.50. The maximum absolute atomic E-state index is 13.3. The van der Waals surface area contributed by atoms with Crippen molar-refractivity contribution in [1.29, 1.82) is 0 Å². The zero-order valence-corrected chi connectivity index (χ0v) is 18.7. The standard InChI is InChI=1S/C22H30FN5O2S/c1-15-3-2-4-17(11-15)24-20(29)13-27-7-9-28(10-8-27)14-21(30)26-22-25-18-6-5-16(23)12-19(18)31-22/h5-6,12,15,17H,2-4,7-11,13-14H2,1H3,(H,24,29)(H,25,26,30). The van der Waals surface area contributed by atoms with Crippen molar-refractivity contribution in [3.05, 3.63) is 24.0 Å². The minimum Gasteiger partial charge on any atom is -0.352 e. The quantitative estimate of drug-likeness (QED) is 0.712. The molecule has 2 atom stereocenters. The van der Waals surface area contributed by atoms with E-state index in [0.717, 1.165) is 39.0 Å². The molecule has 2 aliphatic rings.